The quantitative estimate of drug-likeness (QED) is 0.769. The van der Waals surface area contributed by atoms with E-state index in [2.05, 4.69) is 0 Å². The van der Waals surface area contributed by atoms with Gasteiger partial charge in [-0.25, -0.2) is 0 Å². The van der Waals surface area contributed by atoms with Crippen molar-refractivity contribution in [1.82, 2.24) is 4.90 Å². The van der Waals surface area contributed by atoms with Crippen LogP contribution >= 0.6 is 0 Å². The molecule has 1 amide bonds. The van der Waals surface area contributed by atoms with Crippen LogP contribution < -0.4 is 5.73 Å². The molecular weight excluding hydrogens is 204 g/mol. The van der Waals surface area contributed by atoms with Crippen molar-refractivity contribution in [1.29, 1.82) is 0 Å². The van der Waals surface area contributed by atoms with Crippen LogP contribution in [0.3, 0.4) is 0 Å². The van der Waals surface area contributed by atoms with E-state index >= 15 is 0 Å². The normalized spacial score (nSPS) is 31.1. The van der Waals surface area contributed by atoms with Gasteiger partial charge in [0.05, 0.1) is 6.10 Å². The third kappa shape index (κ3) is 2.95. The third-order valence-electron chi connectivity index (χ3n) is 3.62. The summed E-state index contributed by atoms with van der Waals surface area (Å²) in [6, 6.07) is 0. The number of likely N-dealkylation sites (tertiary alicyclic amines) is 1. The maximum atomic E-state index is 11.6. The Kier molecular flexibility index (Phi) is 4.18. The first-order valence-electron chi connectivity index (χ1n) is 6.39. The fourth-order valence-electron chi connectivity index (χ4n) is 2.56. The molecule has 0 bridgehead atoms. The monoisotopic (exact) mass is 226 g/mol. The Labute approximate surface area is 97.1 Å². The van der Waals surface area contributed by atoms with Gasteiger partial charge in [0, 0.05) is 26.1 Å². The summed E-state index contributed by atoms with van der Waals surface area (Å²) in [7, 11) is 0. The highest BCUT2D eigenvalue weighted by Crippen LogP contribution is 2.20. The number of hydrogen-bond acceptors (Lipinski definition) is 3. The minimum absolute atomic E-state index is 0.270. The zero-order valence-corrected chi connectivity index (χ0v) is 9.86. The number of hydrogen-bond donors (Lipinski definition) is 1. The maximum Gasteiger partial charge on any atom is 0.222 e. The summed E-state index contributed by atoms with van der Waals surface area (Å²) < 4.78 is 5.66. The van der Waals surface area contributed by atoms with Crippen LogP contribution in [-0.2, 0) is 9.53 Å². The zero-order chi connectivity index (χ0) is 11.4. The zero-order valence-electron chi connectivity index (χ0n) is 9.86. The molecule has 2 aliphatic heterocycles. The smallest absolute Gasteiger partial charge is 0.222 e. The van der Waals surface area contributed by atoms with Gasteiger partial charge in [0.15, 0.2) is 0 Å². The number of ether oxygens (including phenoxy) is 1. The summed E-state index contributed by atoms with van der Waals surface area (Å²) in [5.74, 6) is 0.644. The van der Waals surface area contributed by atoms with E-state index in [1.54, 1.807) is 0 Å². The molecule has 2 N–H and O–H groups in total. The van der Waals surface area contributed by atoms with E-state index in [9.17, 15) is 4.79 Å². The van der Waals surface area contributed by atoms with Crippen LogP contribution in [0.5, 0.6) is 0 Å². The standard InChI is InChI=1S/C12H22N2O2/c13-8-10-7-12(15)14(9-10)5-4-11-3-1-2-6-16-11/h10-11H,1-9,13H2. The fourth-order valence-corrected chi connectivity index (χ4v) is 2.56. The molecule has 0 aromatic carbocycles. The lowest BCUT2D eigenvalue weighted by Gasteiger charge is -2.25. The number of rotatable bonds is 4. The highest BCUT2D eigenvalue weighted by Gasteiger charge is 2.28. The van der Waals surface area contributed by atoms with E-state index < -0.39 is 0 Å². The van der Waals surface area contributed by atoms with Crippen LogP contribution in [0.25, 0.3) is 0 Å². The van der Waals surface area contributed by atoms with E-state index in [1.807, 2.05) is 4.90 Å². The Hall–Kier alpha value is -0.610. The van der Waals surface area contributed by atoms with Crippen molar-refractivity contribution in [3.05, 3.63) is 0 Å². The molecular formula is C12H22N2O2. The molecule has 0 aromatic heterocycles. The first-order chi connectivity index (χ1) is 7.79. The molecule has 2 rings (SSSR count). The van der Waals surface area contributed by atoms with Gasteiger partial charge in [-0.2, -0.15) is 0 Å². The summed E-state index contributed by atoms with van der Waals surface area (Å²) in [6.45, 7) is 3.22. The summed E-state index contributed by atoms with van der Waals surface area (Å²) in [4.78, 5) is 13.6. The Bertz CT molecular complexity index is 239. The second-order valence-corrected chi connectivity index (χ2v) is 4.92. The van der Waals surface area contributed by atoms with Crippen molar-refractivity contribution < 1.29 is 9.53 Å². The van der Waals surface area contributed by atoms with Crippen LogP contribution in [0.15, 0.2) is 0 Å². The van der Waals surface area contributed by atoms with E-state index in [1.165, 1.54) is 12.8 Å². The molecule has 2 fully saturated rings. The van der Waals surface area contributed by atoms with Gasteiger partial charge in [0.2, 0.25) is 5.91 Å². The number of nitrogens with zero attached hydrogens (tertiary/aromatic N) is 1. The van der Waals surface area contributed by atoms with E-state index in [-0.39, 0.29) is 5.91 Å². The third-order valence-corrected chi connectivity index (χ3v) is 3.62. The lowest BCUT2D eigenvalue weighted by molar-refractivity contribution is -0.128. The fraction of sp³-hybridized carbons (Fsp3) is 0.917. The Balaban J connectivity index is 1.71. The van der Waals surface area contributed by atoms with Crippen molar-refractivity contribution in [2.75, 3.05) is 26.2 Å². The van der Waals surface area contributed by atoms with Gasteiger partial charge in [-0.05, 0) is 38.1 Å². The van der Waals surface area contributed by atoms with E-state index in [0.29, 0.717) is 25.0 Å². The van der Waals surface area contributed by atoms with Crippen molar-refractivity contribution in [2.45, 2.75) is 38.2 Å². The van der Waals surface area contributed by atoms with Gasteiger partial charge in [0.25, 0.3) is 0 Å². The molecule has 2 heterocycles. The molecule has 0 saturated carbocycles. The minimum Gasteiger partial charge on any atom is -0.378 e. The van der Waals surface area contributed by atoms with Gasteiger partial charge in [-0.3, -0.25) is 4.79 Å². The molecule has 92 valence electrons. The van der Waals surface area contributed by atoms with Crippen molar-refractivity contribution >= 4 is 5.91 Å². The molecule has 4 nitrogen and oxygen atoms in total. The molecule has 0 radical (unpaired) electrons. The van der Waals surface area contributed by atoms with Gasteiger partial charge >= 0.3 is 0 Å². The van der Waals surface area contributed by atoms with Crippen molar-refractivity contribution in [2.24, 2.45) is 11.7 Å². The van der Waals surface area contributed by atoms with Crippen LogP contribution in [-0.4, -0.2) is 43.2 Å². The average molecular weight is 226 g/mol. The predicted octanol–water partition coefficient (Wildman–Crippen LogP) is 0.753. The first kappa shape index (κ1) is 11.9. The second kappa shape index (κ2) is 5.64. The summed E-state index contributed by atoms with van der Waals surface area (Å²) in [5.41, 5.74) is 5.59. The lowest BCUT2D eigenvalue weighted by Crippen LogP contribution is -2.31. The van der Waals surface area contributed by atoms with Gasteiger partial charge < -0.3 is 15.4 Å². The maximum absolute atomic E-state index is 11.6. The number of amides is 1. The van der Waals surface area contributed by atoms with Crippen molar-refractivity contribution in [3.8, 4) is 0 Å². The molecule has 2 saturated heterocycles. The van der Waals surface area contributed by atoms with Gasteiger partial charge in [-0.1, -0.05) is 0 Å². The highest BCUT2D eigenvalue weighted by atomic mass is 16.5. The molecule has 0 aromatic rings. The topological polar surface area (TPSA) is 55.6 Å². The Morgan fingerprint density at radius 1 is 1.44 bits per heavy atom. The van der Waals surface area contributed by atoms with Crippen LogP contribution in [0.1, 0.15) is 32.1 Å². The van der Waals surface area contributed by atoms with E-state index in [4.69, 9.17) is 10.5 Å². The van der Waals surface area contributed by atoms with Gasteiger partial charge in [0.1, 0.15) is 0 Å². The summed E-state index contributed by atoms with van der Waals surface area (Å²) >= 11 is 0. The molecule has 2 aliphatic rings. The molecule has 0 spiro atoms. The average Bonchev–Trinajstić information content (AvgIpc) is 2.69. The first-order valence-corrected chi connectivity index (χ1v) is 6.39. The van der Waals surface area contributed by atoms with Crippen molar-refractivity contribution in [3.63, 3.8) is 0 Å². The minimum atomic E-state index is 0.270. The lowest BCUT2D eigenvalue weighted by atomic mass is 10.1. The molecule has 0 aliphatic carbocycles. The molecule has 2 unspecified atom stereocenters. The number of carbonyl (C=O) groups is 1. The molecule has 16 heavy (non-hydrogen) atoms. The van der Waals surface area contributed by atoms with Crippen LogP contribution in [0.4, 0.5) is 0 Å². The largest absolute Gasteiger partial charge is 0.378 e. The summed E-state index contributed by atoms with van der Waals surface area (Å²) in [6.07, 6.45) is 5.62. The number of carbonyl (C=O) groups excluding carboxylic acids is 1. The second-order valence-electron chi connectivity index (χ2n) is 4.92. The predicted molar refractivity (Wildman–Crippen MR) is 61.9 cm³/mol. The van der Waals surface area contributed by atoms with Gasteiger partial charge in [-0.15, -0.1) is 0 Å². The Morgan fingerprint density at radius 3 is 2.94 bits per heavy atom. The Morgan fingerprint density at radius 2 is 2.31 bits per heavy atom. The van der Waals surface area contributed by atoms with Crippen LogP contribution in [0.2, 0.25) is 0 Å². The molecule has 4 heteroatoms. The number of nitrogens with two attached hydrogens (primary N) is 1. The van der Waals surface area contributed by atoms with Crippen LogP contribution in [0, 0.1) is 5.92 Å². The highest BCUT2D eigenvalue weighted by molar-refractivity contribution is 5.78. The molecule has 2 atom stereocenters. The SMILES string of the molecule is NCC1CC(=O)N(CCC2CCCCO2)C1. The summed E-state index contributed by atoms with van der Waals surface area (Å²) in [5, 5.41) is 0. The van der Waals surface area contributed by atoms with E-state index in [0.717, 1.165) is 32.5 Å².